The molecule has 0 aliphatic heterocycles. The molecule has 0 aliphatic rings. The summed E-state index contributed by atoms with van der Waals surface area (Å²) in [5.41, 5.74) is 1.10. The van der Waals surface area contributed by atoms with E-state index in [2.05, 4.69) is 66.0 Å². The van der Waals surface area contributed by atoms with Gasteiger partial charge in [0.1, 0.15) is 11.5 Å². The van der Waals surface area contributed by atoms with Gasteiger partial charge >= 0.3 is 0 Å². The number of Topliss-reactive ketones (excluding diaryl/α,β-unsaturated/α-hetero) is 2. The van der Waals surface area contributed by atoms with Crippen LogP contribution >= 0.6 is 0 Å². The third-order valence-electron chi connectivity index (χ3n) is 7.17. The maximum Gasteiger partial charge on any atom is 0.167 e. The van der Waals surface area contributed by atoms with E-state index < -0.39 is 0 Å². The highest BCUT2D eigenvalue weighted by Gasteiger charge is 2.27. The number of rotatable bonds is 19. The molecule has 0 radical (unpaired) electrons. The van der Waals surface area contributed by atoms with Crippen molar-refractivity contribution >= 4 is 11.6 Å². The smallest absolute Gasteiger partial charge is 0.167 e. The summed E-state index contributed by atoms with van der Waals surface area (Å²) < 4.78 is 11.6. The highest BCUT2D eigenvalue weighted by atomic mass is 16.5. The Kier molecular flexibility index (Phi) is 14.7. The van der Waals surface area contributed by atoms with E-state index in [0.717, 1.165) is 37.2 Å². The van der Waals surface area contributed by atoms with Gasteiger partial charge in [-0.2, -0.15) is 0 Å². The molecular formula is C36H56N2O4. The summed E-state index contributed by atoms with van der Waals surface area (Å²) in [5.74, 6) is 1.24. The number of nitrogens with one attached hydrogen (secondary N) is 2. The molecule has 0 spiro atoms. The van der Waals surface area contributed by atoms with Crippen molar-refractivity contribution in [1.29, 1.82) is 0 Å². The number of ether oxygens (including phenoxy) is 2. The highest BCUT2D eigenvalue weighted by molar-refractivity contribution is 5.99. The summed E-state index contributed by atoms with van der Waals surface area (Å²) in [5, 5.41) is 7.05. The van der Waals surface area contributed by atoms with Crippen LogP contribution in [0.1, 0.15) is 115 Å². The zero-order chi connectivity index (χ0) is 31.2. The summed E-state index contributed by atoms with van der Waals surface area (Å²) in [6.07, 6.45) is 5.37. The van der Waals surface area contributed by atoms with Crippen LogP contribution in [0, 0.1) is 11.8 Å². The number of hydrogen-bond acceptors (Lipinski definition) is 6. The monoisotopic (exact) mass is 580 g/mol. The molecule has 234 valence electrons. The van der Waals surface area contributed by atoms with E-state index in [0.29, 0.717) is 50.3 Å². The molecule has 0 saturated carbocycles. The lowest BCUT2D eigenvalue weighted by Gasteiger charge is -2.28. The van der Waals surface area contributed by atoms with E-state index in [1.54, 1.807) is 0 Å². The van der Waals surface area contributed by atoms with Crippen LogP contribution in [-0.4, -0.2) is 48.9 Å². The first kappa shape index (κ1) is 35.5. The van der Waals surface area contributed by atoms with E-state index in [9.17, 15) is 9.59 Å². The van der Waals surface area contributed by atoms with Crippen LogP contribution in [-0.2, 0) is 0 Å². The molecule has 0 fully saturated rings. The van der Waals surface area contributed by atoms with Gasteiger partial charge in [-0.15, -0.1) is 0 Å². The molecule has 2 aromatic carbocycles. The van der Waals surface area contributed by atoms with Crippen molar-refractivity contribution < 1.29 is 19.1 Å². The molecule has 6 nitrogen and oxygen atoms in total. The zero-order valence-corrected chi connectivity index (χ0v) is 27.5. The van der Waals surface area contributed by atoms with Crippen molar-refractivity contribution in [3.63, 3.8) is 0 Å². The number of unbranched alkanes of at least 4 members (excludes halogenated alkanes) is 2. The van der Waals surface area contributed by atoms with Gasteiger partial charge in [0, 0.05) is 47.1 Å². The van der Waals surface area contributed by atoms with Gasteiger partial charge in [0.15, 0.2) is 11.6 Å². The Morgan fingerprint density at radius 3 is 1.24 bits per heavy atom. The lowest BCUT2D eigenvalue weighted by Crippen LogP contribution is -2.42. The molecule has 0 heterocycles. The van der Waals surface area contributed by atoms with Crippen LogP contribution in [0.5, 0.6) is 11.5 Å². The van der Waals surface area contributed by atoms with Crippen molar-refractivity contribution in [2.24, 2.45) is 11.8 Å². The first-order valence-corrected chi connectivity index (χ1v) is 15.9. The molecule has 2 N–H and O–H groups in total. The summed E-state index contributed by atoms with van der Waals surface area (Å²) >= 11 is 0. The lowest BCUT2D eigenvalue weighted by atomic mass is 9.85. The average molecular weight is 581 g/mol. The molecule has 0 unspecified atom stereocenters. The number of ketones is 2. The van der Waals surface area contributed by atoms with E-state index in [4.69, 9.17) is 9.47 Å². The summed E-state index contributed by atoms with van der Waals surface area (Å²) in [6, 6.07) is 15.0. The maximum absolute atomic E-state index is 13.8. The van der Waals surface area contributed by atoms with Crippen LogP contribution in [0.15, 0.2) is 48.5 Å². The van der Waals surface area contributed by atoms with Gasteiger partial charge < -0.3 is 20.1 Å². The van der Waals surface area contributed by atoms with Gasteiger partial charge in [-0.3, -0.25) is 9.59 Å². The SMILES string of the molecule is CCCCOc1ccc(C(=O)[C@H](CC[C@H](CNC(C)(C)C)C(=O)c2ccc(OCCCC)cc2)CNC(C)(C)C)cc1. The third kappa shape index (κ3) is 13.5. The van der Waals surface area contributed by atoms with Gasteiger partial charge in [-0.25, -0.2) is 0 Å². The fourth-order valence-electron chi connectivity index (χ4n) is 4.48. The molecule has 2 rings (SSSR count). The molecule has 2 atom stereocenters. The van der Waals surface area contributed by atoms with Gasteiger partial charge in [-0.1, -0.05) is 26.7 Å². The highest BCUT2D eigenvalue weighted by Crippen LogP contribution is 2.24. The van der Waals surface area contributed by atoms with E-state index in [1.807, 2.05) is 48.5 Å². The van der Waals surface area contributed by atoms with E-state index >= 15 is 0 Å². The third-order valence-corrected chi connectivity index (χ3v) is 7.17. The van der Waals surface area contributed by atoms with Crippen molar-refractivity contribution in [2.75, 3.05) is 26.3 Å². The minimum Gasteiger partial charge on any atom is -0.494 e. The second kappa shape index (κ2) is 17.4. The predicted molar refractivity (Wildman–Crippen MR) is 174 cm³/mol. The second-order valence-electron chi connectivity index (χ2n) is 13.4. The van der Waals surface area contributed by atoms with Crippen molar-refractivity contribution in [3.8, 4) is 11.5 Å². The second-order valence-corrected chi connectivity index (χ2v) is 13.4. The first-order valence-electron chi connectivity index (χ1n) is 15.9. The summed E-state index contributed by atoms with van der Waals surface area (Å²) in [7, 11) is 0. The largest absolute Gasteiger partial charge is 0.494 e. The number of carbonyl (C=O) groups is 2. The molecule has 0 saturated heterocycles. The van der Waals surface area contributed by atoms with Crippen molar-refractivity contribution in [1.82, 2.24) is 10.6 Å². The number of hydrogen-bond donors (Lipinski definition) is 2. The Balaban J connectivity index is 2.20. The van der Waals surface area contributed by atoms with Crippen LogP contribution in [0.4, 0.5) is 0 Å². The fraction of sp³-hybridized carbons (Fsp3) is 0.611. The Hall–Kier alpha value is -2.70. The van der Waals surface area contributed by atoms with Crippen molar-refractivity contribution in [2.45, 2.75) is 105 Å². The Morgan fingerprint density at radius 1 is 0.619 bits per heavy atom. The first-order chi connectivity index (χ1) is 19.8. The van der Waals surface area contributed by atoms with Gasteiger partial charge in [0.2, 0.25) is 0 Å². The minimum absolute atomic E-state index is 0.0930. The topological polar surface area (TPSA) is 76.7 Å². The van der Waals surface area contributed by atoms with Gasteiger partial charge in [0.25, 0.3) is 0 Å². The predicted octanol–water partition coefficient (Wildman–Crippen LogP) is 7.90. The van der Waals surface area contributed by atoms with Gasteiger partial charge in [-0.05, 0) is 116 Å². The minimum atomic E-state index is -0.254. The van der Waals surface area contributed by atoms with Crippen LogP contribution < -0.4 is 20.1 Å². The standard InChI is InChI=1S/C36H56N2O4/c1-9-11-23-41-31-19-15-27(16-20-31)33(39)29(25-37-35(3,4)5)13-14-30(26-38-36(6,7)8)34(40)28-17-21-32(22-18-28)42-24-12-10-2/h15-22,29-30,37-38H,9-14,23-26H2,1-8H3/t29-,30-/m1/s1. The molecule has 0 amide bonds. The Morgan fingerprint density at radius 2 is 0.952 bits per heavy atom. The van der Waals surface area contributed by atoms with Crippen molar-refractivity contribution in [3.05, 3.63) is 59.7 Å². The molecule has 0 bridgehead atoms. The summed E-state index contributed by atoms with van der Waals surface area (Å²) in [6.45, 7) is 19.3. The summed E-state index contributed by atoms with van der Waals surface area (Å²) in [4.78, 5) is 27.5. The number of carbonyl (C=O) groups excluding carboxylic acids is 2. The van der Waals surface area contributed by atoms with Crippen LogP contribution in [0.25, 0.3) is 0 Å². The quantitative estimate of drug-likeness (QED) is 0.130. The molecule has 42 heavy (non-hydrogen) atoms. The Labute approximate surface area is 255 Å². The molecule has 2 aromatic rings. The fourth-order valence-corrected chi connectivity index (χ4v) is 4.48. The Bertz CT molecular complexity index is 978. The molecule has 0 aliphatic carbocycles. The average Bonchev–Trinajstić information content (AvgIpc) is 2.94. The molecule has 6 heteroatoms. The van der Waals surface area contributed by atoms with E-state index in [-0.39, 0.29) is 34.5 Å². The maximum atomic E-state index is 13.8. The van der Waals surface area contributed by atoms with Gasteiger partial charge in [0.05, 0.1) is 13.2 Å². The van der Waals surface area contributed by atoms with E-state index in [1.165, 1.54) is 0 Å². The lowest BCUT2D eigenvalue weighted by molar-refractivity contribution is 0.0858. The normalized spacial score (nSPS) is 13.4. The van der Waals surface area contributed by atoms with Crippen LogP contribution in [0.3, 0.4) is 0 Å². The molecule has 0 aromatic heterocycles. The molecular weight excluding hydrogens is 524 g/mol. The number of benzene rings is 2. The van der Waals surface area contributed by atoms with Crippen LogP contribution in [0.2, 0.25) is 0 Å². The zero-order valence-electron chi connectivity index (χ0n) is 27.5.